The third kappa shape index (κ3) is 12.8. The van der Waals surface area contributed by atoms with Crippen LogP contribution in [-0.2, 0) is 19.2 Å². The Labute approximate surface area is 374 Å². The number of nitrogens with zero attached hydrogens (tertiary/aromatic N) is 4. The number of nitrogens with two attached hydrogens (primary N) is 2. The zero-order valence-electron chi connectivity index (χ0n) is 35.6. The minimum Gasteiger partial charge on any atom is -0.481 e. The Morgan fingerprint density at radius 1 is 0.636 bits per heavy atom. The zero-order valence-corrected chi connectivity index (χ0v) is 35.6. The highest BCUT2D eigenvalue weighted by atomic mass is 16.4. The van der Waals surface area contributed by atoms with Crippen LogP contribution in [0.1, 0.15) is 46.4 Å². The van der Waals surface area contributed by atoms with Gasteiger partial charge < -0.3 is 73.6 Å². The summed E-state index contributed by atoms with van der Waals surface area (Å²) in [5.74, 6) is -5.18. The Morgan fingerprint density at radius 2 is 0.985 bits per heavy atom. The lowest BCUT2D eigenvalue weighted by atomic mass is 10.1. The van der Waals surface area contributed by atoms with Crippen LogP contribution in [0.4, 0.5) is 46.3 Å². The molecule has 6 rings (SSSR count). The van der Waals surface area contributed by atoms with Crippen molar-refractivity contribution in [3.8, 4) is 0 Å². The molecule has 352 valence electrons. The summed E-state index contributed by atoms with van der Waals surface area (Å²) in [5, 5.41) is 53.1. The van der Waals surface area contributed by atoms with Crippen molar-refractivity contribution in [1.82, 2.24) is 30.6 Å². The molecule has 0 saturated heterocycles. The van der Waals surface area contributed by atoms with Crippen LogP contribution in [0.5, 0.6) is 0 Å². The van der Waals surface area contributed by atoms with Gasteiger partial charge in [0, 0.05) is 75.6 Å². The normalized spacial score (nSPS) is 15.7. The van der Waals surface area contributed by atoms with Crippen LogP contribution >= 0.6 is 0 Å². The van der Waals surface area contributed by atoms with Crippen molar-refractivity contribution in [2.24, 2.45) is 0 Å². The van der Waals surface area contributed by atoms with E-state index < -0.39 is 47.8 Å². The Hall–Kier alpha value is -8.58. The van der Waals surface area contributed by atoms with Crippen LogP contribution in [0.3, 0.4) is 0 Å². The number of nitrogen functional groups attached to an aromatic ring is 2. The first kappa shape index (κ1) is 48.5. The molecule has 0 aliphatic carbocycles. The van der Waals surface area contributed by atoms with E-state index in [4.69, 9.17) is 21.7 Å². The van der Waals surface area contributed by atoms with Crippen LogP contribution in [0.25, 0.3) is 0 Å². The lowest BCUT2D eigenvalue weighted by Crippen LogP contribution is -2.48. The predicted molar refractivity (Wildman–Crippen MR) is 241 cm³/mol. The molecule has 2 aliphatic heterocycles. The molecule has 4 heterocycles. The summed E-state index contributed by atoms with van der Waals surface area (Å²) < 4.78 is 0. The number of aromatic amines is 2. The van der Waals surface area contributed by atoms with E-state index in [2.05, 4.69) is 51.8 Å². The van der Waals surface area contributed by atoms with E-state index in [0.717, 1.165) is 11.4 Å². The topological polar surface area (TPSA) is 406 Å². The van der Waals surface area contributed by atoms with Gasteiger partial charge in [-0.1, -0.05) is 0 Å². The number of nitrogens with one attached hydrogen (secondary N) is 8. The van der Waals surface area contributed by atoms with Gasteiger partial charge in [-0.05, 0) is 61.4 Å². The molecule has 0 radical (unpaired) electrons. The van der Waals surface area contributed by atoms with E-state index in [1.54, 1.807) is 38.4 Å². The van der Waals surface area contributed by atoms with Crippen molar-refractivity contribution in [3.05, 3.63) is 80.4 Å². The number of aliphatic carboxylic acids is 4. The Kier molecular flexibility index (Phi) is 15.9. The summed E-state index contributed by atoms with van der Waals surface area (Å²) in [5.41, 5.74) is 13.2. The van der Waals surface area contributed by atoms with Crippen LogP contribution in [0, 0.1) is 0 Å². The summed E-state index contributed by atoms with van der Waals surface area (Å²) in [6.45, 7) is 2.02. The number of benzene rings is 2. The highest BCUT2D eigenvalue weighted by molar-refractivity contribution is 5.97. The number of amides is 2. The molecule has 4 atom stereocenters. The maximum Gasteiger partial charge on any atom is 0.326 e. The Bertz CT molecular complexity index is 2380. The molecule has 26 nitrogen and oxygen atoms in total. The number of aromatic nitrogens is 4. The number of carbonyl (C=O) groups excluding carboxylic acids is 2. The van der Waals surface area contributed by atoms with Gasteiger partial charge in [0.25, 0.3) is 22.9 Å². The molecule has 16 N–H and O–H groups in total. The molecule has 2 amide bonds. The second-order valence-electron chi connectivity index (χ2n) is 15.1. The van der Waals surface area contributed by atoms with Gasteiger partial charge in [-0.3, -0.25) is 38.7 Å². The van der Waals surface area contributed by atoms with E-state index in [1.165, 1.54) is 24.3 Å². The summed E-state index contributed by atoms with van der Waals surface area (Å²) in [6, 6.07) is 10.1. The van der Waals surface area contributed by atoms with Crippen LogP contribution < -0.4 is 64.3 Å². The first-order valence-electron chi connectivity index (χ1n) is 20.2. The number of likely N-dealkylation sites (N-methyl/N-ethyl adjacent to an activating group) is 2. The Morgan fingerprint density at radius 3 is 1.30 bits per heavy atom. The first-order chi connectivity index (χ1) is 31.3. The van der Waals surface area contributed by atoms with Gasteiger partial charge in [0.1, 0.15) is 23.5 Å². The minimum absolute atomic E-state index is 0.0388. The molecule has 26 heteroatoms. The fourth-order valence-electron chi connectivity index (χ4n) is 6.84. The summed E-state index contributed by atoms with van der Waals surface area (Å²) >= 11 is 0. The second-order valence-corrected chi connectivity index (χ2v) is 15.1. The fourth-order valence-corrected chi connectivity index (χ4v) is 6.84. The third-order valence-electron chi connectivity index (χ3n) is 10.5. The van der Waals surface area contributed by atoms with Crippen molar-refractivity contribution >= 4 is 82.0 Å². The van der Waals surface area contributed by atoms with E-state index in [0.29, 0.717) is 49.2 Å². The van der Waals surface area contributed by atoms with Gasteiger partial charge in [-0.25, -0.2) is 9.59 Å². The van der Waals surface area contributed by atoms with Crippen molar-refractivity contribution in [3.63, 3.8) is 0 Å². The first-order valence-corrected chi connectivity index (χ1v) is 20.2. The maximum atomic E-state index is 12.3. The fraction of sp³-hybridized carbons (Fsp3) is 0.350. The van der Waals surface area contributed by atoms with Gasteiger partial charge in [-0.15, -0.1) is 0 Å². The van der Waals surface area contributed by atoms with Crippen LogP contribution in [-0.4, -0.2) is 140 Å². The van der Waals surface area contributed by atoms with Gasteiger partial charge >= 0.3 is 23.9 Å². The number of hydrogen-bond donors (Lipinski definition) is 14. The predicted octanol–water partition coefficient (Wildman–Crippen LogP) is -0.515. The summed E-state index contributed by atoms with van der Waals surface area (Å²) in [6.07, 6.45) is -1.17. The molecule has 0 bridgehead atoms. The third-order valence-corrected chi connectivity index (χ3v) is 10.5. The number of anilines is 8. The lowest BCUT2D eigenvalue weighted by molar-refractivity contribution is -0.142. The largest absolute Gasteiger partial charge is 0.481 e. The van der Waals surface area contributed by atoms with E-state index in [-0.39, 0.29) is 71.9 Å². The van der Waals surface area contributed by atoms with Crippen LogP contribution in [0.15, 0.2) is 58.1 Å². The second kappa shape index (κ2) is 21.7. The molecule has 4 aromatic rings. The number of H-pyrrole nitrogens is 2. The number of hydrogen-bond acceptors (Lipinski definition) is 18. The summed E-state index contributed by atoms with van der Waals surface area (Å²) in [4.78, 5) is 110. The molecule has 0 saturated carbocycles. The number of rotatable bonds is 18. The van der Waals surface area contributed by atoms with Gasteiger partial charge in [-0.2, -0.15) is 9.97 Å². The van der Waals surface area contributed by atoms with Crippen molar-refractivity contribution in [2.45, 2.75) is 49.9 Å². The summed E-state index contributed by atoms with van der Waals surface area (Å²) in [7, 11) is 3.57. The van der Waals surface area contributed by atoms with E-state index in [9.17, 15) is 48.6 Å². The van der Waals surface area contributed by atoms with Crippen molar-refractivity contribution in [1.29, 1.82) is 0 Å². The molecule has 2 aromatic heterocycles. The molecule has 2 aliphatic rings. The molecule has 0 fully saturated rings. The average molecular weight is 919 g/mol. The average Bonchev–Trinajstić information content (AvgIpc) is 3.25. The zero-order chi connectivity index (χ0) is 48.2. The van der Waals surface area contributed by atoms with Crippen molar-refractivity contribution < 1.29 is 49.2 Å². The number of carboxylic acids is 4. The molecule has 66 heavy (non-hydrogen) atoms. The van der Waals surface area contributed by atoms with Crippen LogP contribution in [0.2, 0.25) is 0 Å². The molecular weight excluding hydrogens is 869 g/mol. The standard InChI is InChI=1S/2C20H25N7O6/c2*1-27-12(9-23-16-15(27)18(31)26-20(21)25-16)8-22-11-4-2-10(3-5-11)17(30)24-13(19(32)33)6-7-14(28)29/h2*2-5,12-13,22H,6-9H2,1H3,(H,24,30)(H,28,29)(H,32,33)(H4,21,23,25,26,31)/t2*12?,13-/m00/s1. The smallest absolute Gasteiger partial charge is 0.326 e. The number of carboxylic acid groups (broad SMARTS) is 4. The number of carbonyl (C=O) groups is 6. The maximum absolute atomic E-state index is 12.3. The van der Waals surface area contributed by atoms with Crippen molar-refractivity contribution in [2.75, 3.05) is 82.8 Å². The van der Waals surface area contributed by atoms with E-state index in [1.807, 2.05) is 9.80 Å². The lowest BCUT2D eigenvalue weighted by Gasteiger charge is -2.35. The number of fused-ring (bicyclic) bond motifs is 2. The highest BCUT2D eigenvalue weighted by Crippen LogP contribution is 2.26. The molecule has 2 aromatic carbocycles. The molecular formula is C40H50N14O12. The molecule has 2 unspecified atom stereocenters. The van der Waals surface area contributed by atoms with Gasteiger partial charge in [0.2, 0.25) is 11.9 Å². The SMILES string of the molecule is CN1c2c(nc(N)[nH]c2=O)NCC1CNc1ccc(C(=O)N[C@@H](CCC(=O)O)C(=O)O)cc1.CN1c2c(nc(N)[nH]c2=O)NCC1CNc1ccc(C(=O)N[C@@H](CCC(=O)O)C(=O)O)cc1. The molecule has 0 spiro atoms. The monoisotopic (exact) mass is 918 g/mol. The Balaban J connectivity index is 0.000000247. The highest BCUT2D eigenvalue weighted by Gasteiger charge is 2.29. The van der Waals surface area contributed by atoms with Gasteiger partial charge in [0.05, 0.1) is 12.1 Å². The quantitative estimate of drug-likeness (QED) is 0.0597. The minimum atomic E-state index is -1.30. The van der Waals surface area contributed by atoms with E-state index >= 15 is 0 Å². The van der Waals surface area contributed by atoms with Gasteiger partial charge in [0.15, 0.2) is 11.6 Å².